The normalized spacial score (nSPS) is 13.1. The Morgan fingerprint density at radius 3 is 2.41 bits per heavy atom. The molecule has 0 fully saturated rings. The Kier molecular flexibility index (Phi) is 6.76. The van der Waals surface area contributed by atoms with Crippen LogP contribution < -0.4 is 0 Å². The highest BCUT2D eigenvalue weighted by Crippen LogP contribution is 2.12. The zero-order valence-electron chi connectivity index (χ0n) is 10.3. The number of sulfonamides is 1. The number of hydrogen-bond donors (Lipinski definition) is 0. The minimum Gasteiger partial charge on any atom is -0.469 e. The predicted octanol–water partition coefficient (Wildman–Crippen LogP) is 0.503. The molecule has 0 saturated heterocycles. The number of rotatable bonds is 7. The molecule has 0 N–H and O–H groups in total. The largest absolute Gasteiger partial charge is 0.469 e. The molecule has 1 atom stereocenters. The highest BCUT2D eigenvalue weighted by molar-refractivity contribution is 7.90. The molecule has 0 bridgehead atoms. The molecule has 0 radical (unpaired) electrons. The zero-order valence-corrected chi connectivity index (χ0v) is 11.2. The number of methoxy groups -OCH3 is 1. The van der Waals surface area contributed by atoms with Gasteiger partial charge in [-0.05, 0) is 6.42 Å². The Morgan fingerprint density at radius 2 is 2.06 bits per heavy atom. The number of nitriles is 1. The monoisotopic (exact) mass is 262 g/mol. The number of ether oxygens (including phenoxy) is 1. The summed E-state index contributed by atoms with van der Waals surface area (Å²) in [6.45, 7) is 3.58. The second-order valence-corrected chi connectivity index (χ2v) is 5.50. The summed E-state index contributed by atoms with van der Waals surface area (Å²) in [5.74, 6) is -0.469. The van der Waals surface area contributed by atoms with E-state index in [4.69, 9.17) is 5.26 Å². The molecule has 0 aliphatic heterocycles. The van der Waals surface area contributed by atoms with Gasteiger partial charge in [0.25, 0.3) is 0 Å². The van der Waals surface area contributed by atoms with Crippen LogP contribution >= 0.6 is 0 Å². The van der Waals surface area contributed by atoms with Crippen LogP contribution in [0.25, 0.3) is 0 Å². The van der Waals surface area contributed by atoms with E-state index in [1.807, 2.05) is 0 Å². The van der Waals surface area contributed by atoms with Crippen molar-refractivity contribution in [2.24, 2.45) is 0 Å². The Labute approximate surface area is 102 Å². The van der Waals surface area contributed by atoms with Crippen molar-refractivity contribution in [3.63, 3.8) is 0 Å². The van der Waals surface area contributed by atoms with Crippen LogP contribution in [0.3, 0.4) is 0 Å². The number of carbonyl (C=O) groups is 1. The fraction of sp³-hybridized carbons (Fsp3) is 0.800. The third kappa shape index (κ3) is 4.32. The van der Waals surface area contributed by atoms with Crippen molar-refractivity contribution in [2.45, 2.75) is 31.9 Å². The van der Waals surface area contributed by atoms with Crippen molar-refractivity contribution in [3.8, 4) is 6.07 Å². The molecule has 0 aromatic rings. The summed E-state index contributed by atoms with van der Waals surface area (Å²) in [5.41, 5.74) is 0. The molecule has 0 heterocycles. The van der Waals surface area contributed by atoms with Gasteiger partial charge in [-0.15, -0.1) is 0 Å². The molecule has 1 unspecified atom stereocenters. The summed E-state index contributed by atoms with van der Waals surface area (Å²) in [4.78, 5) is 11.0. The lowest BCUT2D eigenvalue weighted by molar-refractivity contribution is -0.140. The van der Waals surface area contributed by atoms with Crippen molar-refractivity contribution in [3.05, 3.63) is 0 Å². The Balaban J connectivity index is 4.76. The Hall–Kier alpha value is -1.13. The summed E-state index contributed by atoms with van der Waals surface area (Å²) in [5, 5.41) is 7.73. The van der Waals surface area contributed by atoms with Crippen LogP contribution in [0.5, 0.6) is 0 Å². The van der Waals surface area contributed by atoms with Crippen molar-refractivity contribution < 1.29 is 17.9 Å². The first-order chi connectivity index (χ1) is 7.93. The van der Waals surface area contributed by atoms with E-state index in [0.717, 1.165) is 4.31 Å². The first kappa shape index (κ1) is 15.9. The molecule has 0 aromatic carbocycles. The van der Waals surface area contributed by atoms with Crippen LogP contribution in [0.1, 0.15) is 26.7 Å². The number of hydrogen-bond acceptors (Lipinski definition) is 5. The third-order valence-electron chi connectivity index (χ3n) is 2.38. The molecule has 0 rings (SSSR count). The second-order valence-electron chi connectivity index (χ2n) is 3.39. The maximum absolute atomic E-state index is 12.0. The van der Waals surface area contributed by atoms with Gasteiger partial charge in [-0.3, -0.25) is 4.79 Å². The average molecular weight is 262 g/mol. The van der Waals surface area contributed by atoms with Crippen LogP contribution in [0.2, 0.25) is 0 Å². The molecule has 6 nitrogen and oxygen atoms in total. The molecule has 0 aromatic heterocycles. The highest BCUT2D eigenvalue weighted by Gasteiger charge is 2.30. The highest BCUT2D eigenvalue weighted by atomic mass is 32.2. The van der Waals surface area contributed by atoms with E-state index in [1.54, 1.807) is 19.9 Å². The molecule has 0 aliphatic rings. The summed E-state index contributed by atoms with van der Waals surface area (Å²) in [7, 11) is -2.41. The van der Waals surface area contributed by atoms with Crippen molar-refractivity contribution in [1.82, 2.24) is 4.31 Å². The van der Waals surface area contributed by atoms with Gasteiger partial charge < -0.3 is 4.74 Å². The van der Waals surface area contributed by atoms with Gasteiger partial charge in [0, 0.05) is 13.1 Å². The first-order valence-electron chi connectivity index (χ1n) is 5.39. The quantitative estimate of drug-likeness (QED) is 0.623. The van der Waals surface area contributed by atoms with Gasteiger partial charge in [0.1, 0.15) is 0 Å². The summed E-state index contributed by atoms with van der Waals surface area (Å²) in [6, 6.07) is 1.76. The topological polar surface area (TPSA) is 87.5 Å². The summed E-state index contributed by atoms with van der Waals surface area (Å²) in [6.07, 6.45) is 0.221. The molecule has 98 valence electrons. The van der Waals surface area contributed by atoms with Crippen LogP contribution in [-0.4, -0.2) is 44.1 Å². The van der Waals surface area contributed by atoms with E-state index >= 15 is 0 Å². The van der Waals surface area contributed by atoms with E-state index in [2.05, 4.69) is 4.74 Å². The fourth-order valence-corrected chi connectivity index (χ4v) is 2.95. The molecule has 0 saturated carbocycles. The van der Waals surface area contributed by atoms with Gasteiger partial charge in [-0.1, -0.05) is 13.8 Å². The summed E-state index contributed by atoms with van der Waals surface area (Å²) < 4.78 is 29.5. The SMILES string of the molecule is CCC(C#N)S(=O)(=O)N(CC)CCC(=O)OC. The van der Waals surface area contributed by atoms with Crippen LogP contribution in [0.4, 0.5) is 0 Å². The lowest BCUT2D eigenvalue weighted by Crippen LogP contribution is -2.39. The predicted molar refractivity (Wildman–Crippen MR) is 62.5 cm³/mol. The van der Waals surface area contributed by atoms with E-state index in [-0.39, 0.29) is 25.9 Å². The molecule has 0 spiro atoms. The number of nitrogens with zero attached hydrogens (tertiary/aromatic N) is 2. The van der Waals surface area contributed by atoms with E-state index in [0.29, 0.717) is 0 Å². The fourth-order valence-electron chi connectivity index (χ4n) is 1.33. The van der Waals surface area contributed by atoms with Crippen LogP contribution in [0.15, 0.2) is 0 Å². The van der Waals surface area contributed by atoms with Gasteiger partial charge >= 0.3 is 5.97 Å². The van der Waals surface area contributed by atoms with Gasteiger partial charge in [0.2, 0.25) is 10.0 Å². The third-order valence-corrected chi connectivity index (χ3v) is 4.70. The van der Waals surface area contributed by atoms with Gasteiger partial charge in [-0.25, -0.2) is 12.7 Å². The Morgan fingerprint density at radius 1 is 1.47 bits per heavy atom. The number of carbonyl (C=O) groups excluding carboxylic acids is 1. The smallest absolute Gasteiger partial charge is 0.306 e. The van der Waals surface area contributed by atoms with E-state index in [9.17, 15) is 13.2 Å². The Bertz CT molecular complexity index is 386. The average Bonchev–Trinajstić information content (AvgIpc) is 2.30. The van der Waals surface area contributed by atoms with Crippen LogP contribution in [0, 0.1) is 11.3 Å². The van der Waals surface area contributed by atoms with E-state index < -0.39 is 21.2 Å². The van der Waals surface area contributed by atoms with Crippen molar-refractivity contribution >= 4 is 16.0 Å². The van der Waals surface area contributed by atoms with E-state index in [1.165, 1.54) is 7.11 Å². The number of esters is 1. The molecule has 0 aliphatic carbocycles. The molecular formula is C10H18N2O4S. The zero-order chi connectivity index (χ0) is 13.5. The van der Waals surface area contributed by atoms with Crippen molar-refractivity contribution in [1.29, 1.82) is 5.26 Å². The summed E-state index contributed by atoms with van der Waals surface area (Å²) >= 11 is 0. The molecule has 7 heteroatoms. The van der Waals surface area contributed by atoms with Gasteiger partial charge in [0.05, 0.1) is 19.6 Å². The maximum atomic E-state index is 12.0. The molecular weight excluding hydrogens is 244 g/mol. The van der Waals surface area contributed by atoms with Crippen LogP contribution in [-0.2, 0) is 19.6 Å². The van der Waals surface area contributed by atoms with Gasteiger partial charge in [-0.2, -0.15) is 5.26 Å². The molecule has 0 amide bonds. The second kappa shape index (κ2) is 7.25. The standard InChI is InChI=1S/C10H18N2O4S/c1-4-9(8-11)17(14,15)12(5-2)7-6-10(13)16-3/h9H,4-7H2,1-3H3. The first-order valence-corrected chi connectivity index (χ1v) is 6.89. The lowest BCUT2D eigenvalue weighted by atomic mass is 10.4. The minimum atomic E-state index is -3.65. The maximum Gasteiger partial charge on any atom is 0.306 e. The van der Waals surface area contributed by atoms with Crippen molar-refractivity contribution in [2.75, 3.05) is 20.2 Å². The lowest BCUT2D eigenvalue weighted by Gasteiger charge is -2.22. The molecule has 17 heavy (non-hydrogen) atoms. The van der Waals surface area contributed by atoms with Gasteiger partial charge in [0.15, 0.2) is 5.25 Å². The minimum absolute atomic E-state index is 0.00850.